The van der Waals surface area contributed by atoms with Crippen LogP contribution >= 0.6 is 39.1 Å². The molecular weight excluding hydrogens is 357 g/mol. The average Bonchev–Trinajstić information content (AvgIpc) is 2.32. The largest absolute Gasteiger partial charge is 0.371 e. The van der Waals surface area contributed by atoms with Crippen molar-refractivity contribution < 1.29 is 9.59 Å². The Bertz CT molecular complexity index is 488. The van der Waals surface area contributed by atoms with E-state index in [1.807, 2.05) is 0 Å². The van der Waals surface area contributed by atoms with Crippen LogP contribution in [0.5, 0.6) is 0 Å². The Morgan fingerprint density at radius 1 is 1.26 bits per heavy atom. The Hall–Kier alpha value is -0.980. The number of halogens is 3. The molecule has 1 rings (SSSR count). The molecule has 5 nitrogen and oxygen atoms in total. The molecule has 19 heavy (non-hydrogen) atoms. The summed E-state index contributed by atoms with van der Waals surface area (Å²) in [5.41, 5.74) is 0.436. The third-order valence-corrected chi connectivity index (χ3v) is 3.28. The molecule has 0 fully saturated rings. The van der Waals surface area contributed by atoms with Crippen molar-refractivity contribution >= 4 is 56.8 Å². The zero-order valence-electron chi connectivity index (χ0n) is 10.2. The third-order valence-electron chi connectivity index (χ3n) is 2.22. The van der Waals surface area contributed by atoms with Gasteiger partial charge in [0.05, 0.1) is 15.7 Å². The van der Waals surface area contributed by atoms with E-state index < -0.39 is 18.0 Å². The summed E-state index contributed by atoms with van der Waals surface area (Å²) in [4.78, 5) is 22.7. The standard InChI is InChI=1S/C11H12BrCl2N3O2/c1-5(10(18)17-11(19)15-2)16-9-7(13)3-6(12)4-8(9)14/h3-5,16H,1-2H3,(H2,15,17,18,19). The van der Waals surface area contributed by atoms with Gasteiger partial charge < -0.3 is 10.6 Å². The highest BCUT2D eigenvalue weighted by Crippen LogP contribution is 2.34. The van der Waals surface area contributed by atoms with Gasteiger partial charge >= 0.3 is 6.03 Å². The summed E-state index contributed by atoms with van der Waals surface area (Å²) in [5.74, 6) is -0.491. The Labute approximate surface area is 129 Å². The van der Waals surface area contributed by atoms with E-state index in [0.717, 1.165) is 4.47 Å². The highest BCUT2D eigenvalue weighted by molar-refractivity contribution is 9.10. The summed E-state index contributed by atoms with van der Waals surface area (Å²) in [5, 5.41) is 8.05. The number of imide groups is 1. The average molecular weight is 369 g/mol. The topological polar surface area (TPSA) is 70.2 Å². The van der Waals surface area contributed by atoms with E-state index in [2.05, 4.69) is 31.9 Å². The van der Waals surface area contributed by atoms with Gasteiger partial charge in [0.2, 0.25) is 5.91 Å². The summed E-state index contributed by atoms with van der Waals surface area (Å²) < 4.78 is 0.732. The molecule has 3 N–H and O–H groups in total. The quantitative estimate of drug-likeness (QED) is 0.767. The maximum Gasteiger partial charge on any atom is 0.321 e. The fourth-order valence-electron chi connectivity index (χ4n) is 1.24. The van der Waals surface area contributed by atoms with Gasteiger partial charge in [0.15, 0.2) is 0 Å². The lowest BCUT2D eigenvalue weighted by molar-refractivity contribution is -0.120. The molecular formula is C11H12BrCl2N3O2. The maximum absolute atomic E-state index is 11.7. The number of hydrogen-bond donors (Lipinski definition) is 3. The lowest BCUT2D eigenvalue weighted by Crippen LogP contribution is -2.44. The van der Waals surface area contributed by atoms with E-state index in [1.165, 1.54) is 7.05 Å². The fraction of sp³-hybridized carbons (Fsp3) is 0.273. The third kappa shape index (κ3) is 4.56. The van der Waals surface area contributed by atoms with Gasteiger partial charge in [-0.1, -0.05) is 39.1 Å². The van der Waals surface area contributed by atoms with Gasteiger partial charge in [-0.05, 0) is 19.1 Å². The van der Waals surface area contributed by atoms with E-state index in [-0.39, 0.29) is 0 Å². The van der Waals surface area contributed by atoms with Crippen molar-refractivity contribution in [2.24, 2.45) is 0 Å². The predicted molar refractivity (Wildman–Crippen MR) is 79.8 cm³/mol. The van der Waals surface area contributed by atoms with Crippen LogP contribution in [0.4, 0.5) is 10.5 Å². The second kappa shape index (κ2) is 6.98. The van der Waals surface area contributed by atoms with Crippen LogP contribution in [0.25, 0.3) is 0 Å². The normalized spacial score (nSPS) is 11.6. The number of carbonyl (C=O) groups excluding carboxylic acids is 2. The van der Waals surface area contributed by atoms with Crippen molar-refractivity contribution in [1.29, 1.82) is 0 Å². The molecule has 1 atom stereocenters. The number of amides is 3. The minimum atomic E-state index is -0.673. The fourth-order valence-corrected chi connectivity index (χ4v) is 2.56. The van der Waals surface area contributed by atoms with Gasteiger partial charge in [-0.3, -0.25) is 10.1 Å². The summed E-state index contributed by atoms with van der Waals surface area (Å²) >= 11 is 15.3. The number of nitrogens with one attached hydrogen (secondary N) is 3. The Morgan fingerprint density at radius 2 is 1.79 bits per heavy atom. The molecule has 8 heteroatoms. The van der Waals surface area contributed by atoms with Crippen molar-refractivity contribution in [2.45, 2.75) is 13.0 Å². The summed E-state index contributed by atoms with van der Waals surface area (Å²) in [6, 6.07) is 2.05. The van der Waals surface area contributed by atoms with Crippen LogP contribution in [0.3, 0.4) is 0 Å². The van der Waals surface area contributed by atoms with E-state index in [0.29, 0.717) is 15.7 Å². The van der Waals surface area contributed by atoms with E-state index in [1.54, 1.807) is 19.1 Å². The molecule has 0 saturated heterocycles. The summed E-state index contributed by atoms with van der Waals surface area (Å²) in [7, 11) is 1.42. The molecule has 0 aliphatic rings. The van der Waals surface area contributed by atoms with E-state index in [4.69, 9.17) is 23.2 Å². The number of carbonyl (C=O) groups is 2. The van der Waals surface area contributed by atoms with Gasteiger partial charge in [0.25, 0.3) is 0 Å². The Kier molecular flexibility index (Phi) is 5.90. The van der Waals surface area contributed by atoms with E-state index in [9.17, 15) is 9.59 Å². The highest BCUT2D eigenvalue weighted by atomic mass is 79.9. The predicted octanol–water partition coefficient (Wildman–Crippen LogP) is 3.01. The number of hydrogen-bond acceptors (Lipinski definition) is 3. The zero-order chi connectivity index (χ0) is 14.6. The van der Waals surface area contributed by atoms with Gasteiger partial charge in [-0.25, -0.2) is 4.79 Å². The molecule has 0 radical (unpaired) electrons. The van der Waals surface area contributed by atoms with Crippen LogP contribution < -0.4 is 16.0 Å². The first kappa shape index (κ1) is 16.1. The first-order valence-electron chi connectivity index (χ1n) is 5.28. The molecule has 0 saturated carbocycles. The molecule has 0 aliphatic heterocycles. The minimum Gasteiger partial charge on any atom is -0.371 e. The monoisotopic (exact) mass is 367 g/mol. The molecule has 0 aromatic heterocycles. The lowest BCUT2D eigenvalue weighted by Gasteiger charge is -2.17. The number of rotatable bonds is 3. The van der Waals surface area contributed by atoms with Crippen LogP contribution in [-0.4, -0.2) is 25.0 Å². The molecule has 1 aromatic rings. The van der Waals surface area contributed by atoms with E-state index >= 15 is 0 Å². The molecule has 0 spiro atoms. The van der Waals surface area contributed by atoms with Crippen LogP contribution in [0, 0.1) is 0 Å². The van der Waals surface area contributed by atoms with Crippen molar-refractivity contribution in [3.63, 3.8) is 0 Å². The van der Waals surface area contributed by atoms with Crippen molar-refractivity contribution in [3.8, 4) is 0 Å². The Balaban J connectivity index is 2.80. The smallest absolute Gasteiger partial charge is 0.321 e. The number of benzene rings is 1. The molecule has 1 aromatic carbocycles. The number of urea groups is 1. The van der Waals surface area contributed by atoms with Crippen LogP contribution in [-0.2, 0) is 4.79 Å². The first-order chi connectivity index (χ1) is 8.85. The molecule has 104 valence electrons. The van der Waals surface area contributed by atoms with Crippen molar-refractivity contribution in [3.05, 3.63) is 26.7 Å². The number of anilines is 1. The molecule has 1 unspecified atom stereocenters. The minimum absolute atomic E-state index is 0.374. The molecule has 0 heterocycles. The molecule has 0 aliphatic carbocycles. The van der Waals surface area contributed by atoms with Crippen molar-refractivity contribution in [1.82, 2.24) is 10.6 Å². The molecule has 3 amide bonds. The first-order valence-corrected chi connectivity index (χ1v) is 6.83. The second-order valence-corrected chi connectivity index (χ2v) is 5.41. The summed E-state index contributed by atoms with van der Waals surface area (Å²) in [6.07, 6.45) is 0. The van der Waals surface area contributed by atoms with Crippen LogP contribution in [0.2, 0.25) is 10.0 Å². The Morgan fingerprint density at radius 3 is 2.26 bits per heavy atom. The SMILES string of the molecule is CNC(=O)NC(=O)C(C)Nc1c(Cl)cc(Br)cc1Cl. The lowest BCUT2D eigenvalue weighted by atomic mass is 10.2. The van der Waals surface area contributed by atoms with Gasteiger partial charge in [0.1, 0.15) is 6.04 Å². The highest BCUT2D eigenvalue weighted by Gasteiger charge is 2.17. The second-order valence-electron chi connectivity index (χ2n) is 3.68. The summed E-state index contributed by atoms with van der Waals surface area (Å²) in [6.45, 7) is 1.59. The zero-order valence-corrected chi connectivity index (χ0v) is 13.3. The molecule has 0 bridgehead atoms. The van der Waals surface area contributed by atoms with Crippen LogP contribution in [0.15, 0.2) is 16.6 Å². The van der Waals surface area contributed by atoms with Crippen LogP contribution in [0.1, 0.15) is 6.92 Å². The van der Waals surface area contributed by atoms with Gasteiger partial charge in [0, 0.05) is 11.5 Å². The maximum atomic E-state index is 11.7. The van der Waals surface area contributed by atoms with Gasteiger partial charge in [-0.15, -0.1) is 0 Å². The van der Waals surface area contributed by atoms with Crippen molar-refractivity contribution in [2.75, 3.05) is 12.4 Å². The van der Waals surface area contributed by atoms with Gasteiger partial charge in [-0.2, -0.15) is 0 Å².